The fourth-order valence-corrected chi connectivity index (χ4v) is 3.89. The van der Waals surface area contributed by atoms with Crippen molar-refractivity contribution >= 4 is 38.9 Å². The second kappa shape index (κ2) is 8.42. The molecule has 8 heteroatoms. The predicted molar refractivity (Wildman–Crippen MR) is 104 cm³/mol. The first kappa shape index (κ1) is 20.1. The van der Waals surface area contributed by atoms with Crippen molar-refractivity contribution in [2.75, 3.05) is 23.0 Å². The van der Waals surface area contributed by atoms with Gasteiger partial charge in [0.2, 0.25) is 15.9 Å². The van der Waals surface area contributed by atoms with E-state index in [1.165, 1.54) is 7.11 Å². The molecular formula is C18H21ClN2O4S. The number of halogens is 1. The summed E-state index contributed by atoms with van der Waals surface area (Å²) in [7, 11) is -2.16. The highest BCUT2D eigenvalue weighted by Crippen LogP contribution is 2.25. The maximum absolute atomic E-state index is 12.7. The highest BCUT2D eigenvalue weighted by molar-refractivity contribution is 7.92. The van der Waals surface area contributed by atoms with E-state index in [4.69, 9.17) is 16.3 Å². The average Bonchev–Trinajstić information content (AvgIpc) is 2.60. The number of hydrogen-bond donors (Lipinski definition) is 1. The van der Waals surface area contributed by atoms with Gasteiger partial charge in [-0.25, -0.2) is 8.42 Å². The zero-order valence-corrected chi connectivity index (χ0v) is 16.3. The Morgan fingerprint density at radius 1 is 1.15 bits per heavy atom. The Morgan fingerprint density at radius 2 is 1.73 bits per heavy atom. The summed E-state index contributed by atoms with van der Waals surface area (Å²) in [5.74, 6) is 0.178. The van der Waals surface area contributed by atoms with Gasteiger partial charge in [-0.15, -0.1) is 0 Å². The molecule has 0 radical (unpaired) electrons. The van der Waals surface area contributed by atoms with Crippen LogP contribution in [0.4, 0.5) is 11.4 Å². The largest absolute Gasteiger partial charge is 0.497 e. The van der Waals surface area contributed by atoms with Crippen LogP contribution >= 0.6 is 11.6 Å². The zero-order valence-electron chi connectivity index (χ0n) is 14.8. The minimum Gasteiger partial charge on any atom is -0.497 e. The summed E-state index contributed by atoms with van der Waals surface area (Å²) in [5.41, 5.74) is 0.937. The van der Waals surface area contributed by atoms with Gasteiger partial charge in [-0.2, -0.15) is 0 Å². The number of benzene rings is 2. The molecule has 0 saturated carbocycles. The summed E-state index contributed by atoms with van der Waals surface area (Å²) in [6, 6.07) is 12.2. The molecule has 2 aromatic rings. The quantitative estimate of drug-likeness (QED) is 0.776. The molecule has 0 fully saturated rings. The van der Waals surface area contributed by atoms with Crippen molar-refractivity contribution in [1.29, 1.82) is 0 Å². The monoisotopic (exact) mass is 396 g/mol. The van der Waals surface area contributed by atoms with Gasteiger partial charge in [-0.05, 0) is 55.0 Å². The maximum Gasteiger partial charge on any atom is 0.248 e. The smallest absolute Gasteiger partial charge is 0.248 e. The number of methoxy groups -OCH3 is 1. The molecule has 1 amide bonds. The van der Waals surface area contributed by atoms with E-state index in [1.807, 2.05) is 0 Å². The van der Waals surface area contributed by atoms with Crippen LogP contribution in [0.25, 0.3) is 0 Å². The van der Waals surface area contributed by atoms with Gasteiger partial charge in [0.1, 0.15) is 11.8 Å². The van der Waals surface area contributed by atoms with E-state index in [0.717, 1.165) is 10.6 Å². The summed E-state index contributed by atoms with van der Waals surface area (Å²) in [4.78, 5) is 12.7. The summed E-state index contributed by atoms with van der Waals surface area (Å²) in [6.45, 7) is 1.76. The molecule has 0 aliphatic heterocycles. The maximum atomic E-state index is 12.7. The van der Waals surface area contributed by atoms with Gasteiger partial charge in [0.25, 0.3) is 0 Å². The Kier molecular flexibility index (Phi) is 6.50. The van der Waals surface area contributed by atoms with Crippen molar-refractivity contribution < 1.29 is 17.9 Å². The lowest BCUT2D eigenvalue weighted by Gasteiger charge is -2.30. The second-order valence-electron chi connectivity index (χ2n) is 5.68. The standard InChI is InChI=1S/C18H21ClN2O4S/c1-4-17(18(22)20-14-7-5-13(19)6-8-14)21(26(3,23)24)15-9-11-16(25-2)12-10-15/h5-12,17H,4H2,1-3H3,(H,20,22)/t17-/m1/s1. The van der Waals surface area contributed by atoms with Crippen LogP contribution in [0.5, 0.6) is 5.75 Å². The number of hydrogen-bond acceptors (Lipinski definition) is 4. The van der Waals surface area contributed by atoms with Gasteiger partial charge in [-0.1, -0.05) is 18.5 Å². The van der Waals surface area contributed by atoms with Crippen molar-refractivity contribution in [2.24, 2.45) is 0 Å². The van der Waals surface area contributed by atoms with Crippen LogP contribution in [0.3, 0.4) is 0 Å². The van der Waals surface area contributed by atoms with Crippen LogP contribution in [0.1, 0.15) is 13.3 Å². The first-order chi connectivity index (χ1) is 12.3. The third-order valence-corrected chi connectivity index (χ3v) is 5.20. The fourth-order valence-electron chi connectivity index (χ4n) is 2.55. The normalized spacial score (nSPS) is 12.3. The summed E-state index contributed by atoms with van der Waals surface area (Å²) >= 11 is 5.84. The summed E-state index contributed by atoms with van der Waals surface area (Å²) < 4.78 is 31.0. The molecule has 6 nitrogen and oxygen atoms in total. The van der Waals surface area contributed by atoms with Crippen molar-refractivity contribution in [3.8, 4) is 5.75 Å². The Labute approximate surface area is 158 Å². The van der Waals surface area contributed by atoms with Crippen molar-refractivity contribution in [1.82, 2.24) is 0 Å². The highest BCUT2D eigenvalue weighted by atomic mass is 35.5. The molecule has 2 aromatic carbocycles. The molecule has 140 valence electrons. The first-order valence-corrected chi connectivity index (χ1v) is 10.2. The van der Waals surface area contributed by atoms with Crippen LogP contribution < -0.4 is 14.4 Å². The van der Waals surface area contributed by atoms with Gasteiger partial charge in [0.15, 0.2) is 0 Å². The molecular weight excluding hydrogens is 376 g/mol. The van der Waals surface area contributed by atoms with E-state index in [9.17, 15) is 13.2 Å². The molecule has 26 heavy (non-hydrogen) atoms. The Balaban J connectivity index is 2.33. The molecule has 0 heterocycles. The van der Waals surface area contributed by atoms with Crippen molar-refractivity contribution in [3.63, 3.8) is 0 Å². The summed E-state index contributed by atoms with van der Waals surface area (Å²) in [5, 5.41) is 3.28. The predicted octanol–water partition coefficient (Wildman–Crippen LogP) is 3.53. The van der Waals surface area contributed by atoms with Crippen LogP contribution in [-0.4, -0.2) is 33.7 Å². The topological polar surface area (TPSA) is 75.7 Å². The van der Waals surface area contributed by atoms with E-state index in [-0.39, 0.29) is 0 Å². The number of ether oxygens (including phenoxy) is 1. The highest BCUT2D eigenvalue weighted by Gasteiger charge is 2.31. The van der Waals surface area contributed by atoms with Crippen molar-refractivity contribution in [3.05, 3.63) is 53.6 Å². The number of carbonyl (C=O) groups excluding carboxylic acids is 1. The number of rotatable bonds is 7. The number of nitrogens with one attached hydrogen (secondary N) is 1. The summed E-state index contributed by atoms with van der Waals surface area (Å²) in [6.07, 6.45) is 1.38. The van der Waals surface area contributed by atoms with E-state index < -0.39 is 22.0 Å². The van der Waals surface area contributed by atoms with Gasteiger partial charge >= 0.3 is 0 Å². The van der Waals surface area contributed by atoms with E-state index in [0.29, 0.717) is 28.6 Å². The molecule has 0 unspecified atom stereocenters. The van der Waals surface area contributed by atoms with Crippen molar-refractivity contribution in [2.45, 2.75) is 19.4 Å². The Morgan fingerprint density at radius 3 is 2.19 bits per heavy atom. The van der Waals surface area contributed by atoms with Crippen LogP contribution in [0.15, 0.2) is 48.5 Å². The first-order valence-electron chi connectivity index (χ1n) is 7.96. The minimum absolute atomic E-state index is 0.304. The molecule has 0 bridgehead atoms. The van der Waals surface area contributed by atoms with Gasteiger partial charge in [0, 0.05) is 10.7 Å². The number of amides is 1. The number of nitrogens with zero attached hydrogens (tertiary/aromatic N) is 1. The SMILES string of the molecule is CC[C@H](C(=O)Nc1ccc(Cl)cc1)N(c1ccc(OC)cc1)S(C)(=O)=O. The minimum atomic E-state index is -3.68. The molecule has 0 aromatic heterocycles. The molecule has 2 rings (SSSR count). The van der Waals surface area contributed by atoms with Gasteiger partial charge in [-0.3, -0.25) is 9.10 Å². The van der Waals surface area contributed by atoms with E-state index >= 15 is 0 Å². The molecule has 1 atom stereocenters. The van der Waals surface area contributed by atoms with E-state index in [1.54, 1.807) is 55.5 Å². The molecule has 0 saturated heterocycles. The van der Waals surface area contributed by atoms with Crippen LogP contribution in [-0.2, 0) is 14.8 Å². The number of carbonyl (C=O) groups is 1. The zero-order chi connectivity index (χ0) is 19.3. The second-order valence-corrected chi connectivity index (χ2v) is 7.97. The number of anilines is 2. The lowest BCUT2D eigenvalue weighted by molar-refractivity contribution is -0.117. The van der Waals surface area contributed by atoms with Gasteiger partial charge < -0.3 is 10.1 Å². The Bertz CT molecular complexity index is 852. The van der Waals surface area contributed by atoms with E-state index in [2.05, 4.69) is 5.32 Å². The Hall–Kier alpha value is -2.25. The molecule has 0 aliphatic carbocycles. The van der Waals surface area contributed by atoms with Crippen LogP contribution in [0, 0.1) is 0 Å². The molecule has 1 N–H and O–H groups in total. The number of sulfonamides is 1. The van der Waals surface area contributed by atoms with Crippen LogP contribution in [0.2, 0.25) is 5.02 Å². The lowest BCUT2D eigenvalue weighted by Crippen LogP contribution is -2.46. The molecule has 0 spiro atoms. The fraction of sp³-hybridized carbons (Fsp3) is 0.278. The lowest BCUT2D eigenvalue weighted by atomic mass is 10.1. The van der Waals surface area contributed by atoms with Gasteiger partial charge in [0.05, 0.1) is 19.1 Å². The average molecular weight is 397 g/mol. The molecule has 0 aliphatic rings. The third-order valence-electron chi connectivity index (χ3n) is 3.77. The third kappa shape index (κ3) is 4.89.